The summed E-state index contributed by atoms with van der Waals surface area (Å²) in [6, 6.07) is 14.5. The van der Waals surface area contributed by atoms with Crippen LogP contribution in [0.2, 0.25) is 0 Å². The second kappa shape index (κ2) is 10.6. The quantitative estimate of drug-likeness (QED) is 0.335. The number of nitrogens with zero attached hydrogens (tertiary/aromatic N) is 1. The van der Waals surface area contributed by atoms with Crippen molar-refractivity contribution in [3.63, 3.8) is 0 Å². The Bertz CT molecular complexity index is 1210. The SMILES string of the molecule is C=C1C=CC(C2(c3cccc(CC4CCCCCC4)n3)CC(=C)C(Sc3ccccc3C)C(=O)N2)=C1. The van der Waals surface area contributed by atoms with Gasteiger partial charge in [0, 0.05) is 17.0 Å². The van der Waals surface area contributed by atoms with Gasteiger partial charge in [0.1, 0.15) is 10.8 Å². The van der Waals surface area contributed by atoms with E-state index in [9.17, 15) is 4.79 Å². The van der Waals surface area contributed by atoms with Crippen LogP contribution in [0, 0.1) is 12.8 Å². The molecule has 186 valence electrons. The van der Waals surface area contributed by atoms with Crippen LogP contribution in [-0.4, -0.2) is 16.1 Å². The lowest BCUT2D eigenvalue weighted by atomic mass is 9.77. The standard InChI is InChI=1S/C32H36N2OS/c1-22-17-18-26(19-22)32(29-16-10-14-27(33-29)20-25-12-6-4-5-7-13-25)21-24(3)30(31(35)34-32)36-28-15-9-8-11-23(28)2/h8-11,14-19,25,30H,1,3-7,12-13,20-21H2,2H3,(H,34,35). The van der Waals surface area contributed by atoms with Crippen LogP contribution in [-0.2, 0) is 16.8 Å². The number of amides is 1. The predicted molar refractivity (Wildman–Crippen MR) is 150 cm³/mol. The average molecular weight is 497 g/mol. The zero-order valence-corrected chi connectivity index (χ0v) is 22.1. The van der Waals surface area contributed by atoms with Crippen molar-refractivity contribution in [2.24, 2.45) is 5.92 Å². The molecule has 4 heteroatoms. The van der Waals surface area contributed by atoms with Crippen LogP contribution in [0.15, 0.2) is 95.5 Å². The van der Waals surface area contributed by atoms with Crippen LogP contribution in [0.1, 0.15) is 61.9 Å². The monoisotopic (exact) mass is 496 g/mol. The molecule has 36 heavy (non-hydrogen) atoms. The second-order valence-electron chi connectivity index (χ2n) is 10.6. The van der Waals surface area contributed by atoms with Gasteiger partial charge in [-0.05, 0) is 60.2 Å². The molecule has 1 saturated heterocycles. The number of carbonyl (C=O) groups excluding carboxylic acids is 1. The average Bonchev–Trinajstić information content (AvgIpc) is 3.15. The Hall–Kier alpha value is -2.85. The number of pyridine rings is 1. The van der Waals surface area contributed by atoms with Gasteiger partial charge in [-0.15, -0.1) is 11.8 Å². The van der Waals surface area contributed by atoms with Crippen molar-refractivity contribution >= 4 is 17.7 Å². The van der Waals surface area contributed by atoms with E-state index in [0.29, 0.717) is 12.3 Å². The van der Waals surface area contributed by atoms with Crippen molar-refractivity contribution < 1.29 is 4.79 Å². The van der Waals surface area contributed by atoms with Crippen molar-refractivity contribution in [1.29, 1.82) is 0 Å². The summed E-state index contributed by atoms with van der Waals surface area (Å²) in [5, 5.41) is 3.10. The highest BCUT2D eigenvalue weighted by Gasteiger charge is 2.46. The Kier molecular flexibility index (Phi) is 7.34. The number of thioether (sulfide) groups is 1. The van der Waals surface area contributed by atoms with Crippen LogP contribution >= 0.6 is 11.8 Å². The molecule has 1 aliphatic heterocycles. The zero-order chi connectivity index (χ0) is 25.1. The van der Waals surface area contributed by atoms with E-state index in [-0.39, 0.29) is 11.2 Å². The lowest BCUT2D eigenvalue weighted by molar-refractivity contribution is -0.122. The van der Waals surface area contributed by atoms with Gasteiger partial charge in [-0.25, -0.2) is 0 Å². The fourth-order valence-corrected chi connectivity index (χ4v) is 6.90. The van der Waals surface area contributed by atoms with Crippen molar-refractivity contribution in [2.45, 2.75) is 74.0 Å². The molecule has 0 bridgehead atoms. The molecule has 0 radical (unpaired) electrons. The highest BCUT2D eigenvalue weighted by Crippen LogP contribution is 2.45. The molecule has 3 aliphatic rings. The number of aryl methyl sites for hydroxylation is 1. The minimum atomic E-state index is -0.730. The summed E-state index contributed by atoms with van der Waals surface area (Å²) in [7, 11) is 0. The number of benzene rings is 1. The maximum Gasteiger partial charge on any atom is 0.238 e. The molecule has 2 atom stereocenters. The molecule has 0 spiro atoms. The van der Waals surface area contributed by atoms with Gasteiger partial charge in [-0.2, -0.15) is 0 Å². The largest absolute Gasteiger partial charge is 0.339 e. The van der Waals surface area contributed by atoms with Gasteiger partial charge in [0.15, 0.2) is 0 Å². The molecular formula is C32H36N2OS. The topological polar surface area (TPSA) is 42.0 Å². The summed E-state index contributed by atoms with van der Waals surface area (Å²) in [5.74, 6) is 0.685. The number of rotatable bonds is 6. The zero-order valence-electron chi connectivity index (χ0n) is 21.3. The summed E-state index contributed by atoms with van der Waals surface area (Å²) < 4.78 is 0. The molecule has 2 fully saturated rings. The first-order valence-electron chi connectivity index (χ1n) is 13.2. The van der Waals surface area contributed by atoms with Crippen molar-refractivity contribution in [3.05, 3.63) is 108 Å². The van der Waals surface area contributed by atoms with Gasteiger partial charge in [0.25, 0.3) is 0 Å². The van der Waals surface area contributed by atoms with Gasteiger partial charge < -0.3 is 5.32 Å². The molecule has 1 saturated carbocycles. The number of aromatic nitrogens is 1. The van der Waals surface area contributed by atoms with E-state index >= 15 is 0 Å². The molecule has 1 aromatic carbocycles. The summed E-state index contributed by atoms with van der Waals surface area (Å²) in [6.07, 6.45) is 15.7. The number of allylic oxidation sites excluding steroid dienone is 3. The maximum atomic E-state index is 13.7. The lowest BCUT2D eigenvalue weighted by Gasteiger charge is -2.42. The van der Waals surface area contributed by atoms with E-state index in [4.69, 9.17) is 4.98 Å². The molecule has 2 heterocycles. The maximum absolute atomic E-state index is 13.7. The fraction of sp³-hybridized carbons (Fsp3) is 0.375. The van der Waals surface area contributed by atoms with Crippen LogP contribution in [0.3, 0.4) is 0 Å². The van der Waals surface area contributed by atoms with Gasteiger partial charge in [-0.1, -0.05) is 93.7 Å². The third kappa shape index (κ3) is 5.15. The predicted octanol–water partition coefficient (Wildman–Crippen LogP) is 7.39. The summed E-state index contributed by atoms with van der Waals surface area (Å²) in [4.78, 5) is 20.0. The normalized spacial score (nSPS) is 25.0. The lowest BCUT2D eigenvalue weighted by Crippen LogP contribution is -2.55. The molecule has 1 N–H and O–H groups in total. The Morgan fingerprint density at radius 1 is 1.03 bits per heavy atom. The van der Waals surface area contributed by atoms with Gasteiger partial charge in [0.05, 0.1) is 5.69 Å². The Morgan fingerprint density at radius 2 is 1.81 bits per heavy atom. The molecule has 5 rings (SSSR count). The molecule has 1 aromatic heterocycles. The van der Waals surface area contributed by atoms with Crippen LogP contribution in [0.25, 0.3) is 0 Å². The summed E-state index contributed by atoms with van der Waals surface area (Å²) >= 11 is 1.59. The molecule has 2 aliphatic carbocycles. The number of hydrogen-bond acceptors (Lipinski definition) is 3. The molecule has 3 nitrogen and oxygen atoms in total. The Labute approximate surface area is 219 Å². The number of hydrogen-bond donors (Lipinski definition) is 1. The molecule has 2 aromatic rings. The third-order valence-corrected chi connectivity index (χ3v) is 9.30. The second-order valence-corrected chi connectivity index (χ2v) is 11.7. The molecule has 2 unspecified atom stereocenters. The highest BCUT2D eigenvalue weighted by molar-refractivity contribution is 8.00. The van der Waals surface area contributed by atoms with E-state index in [1.54, 1.807) is 11.8 Å². The van der Waals surface area contributed by atoms with E-state index in [1.807, 2.05) is 18.2 Å². The Morgan fingerprint density at radius 3 is 2.50 bits per heavy atom. The van der Waals surface area contributed by atoms with Crippen molar-refractivity contribution in [3.8, 4) is 0 Å². The first-order chi connectivity index (χ1) is 17.4. The number of carbonyl (C=O) groups is 1. The van der Waals surface area contributed by atoms with E-state index in [0.717, 1.165) is 39.4 Å². The minimum Gasteiger partial charge on any atom is -0.339 e. The summed E-state index contributed by atoms with van der Waals surface area (Å²) in [5.41, 5.74) is 5.35. The van der Waals surface area contributed by atoms with Gasteiger partial charge >= 0.3 is 0 Å². The minimum absolute atomic E-state index is 0.0118. The van der Waals surface area contributed by atoms with E-state index < -0.39 is 5.54 Å². The van der Waals surface area contributed by atoms with Crippen molar-refractivity contribution in [2.75, 3.05) is 0 Å². The van der Waals surface area contributed by atoms with E-state index in [1.165, 1.54) is 44.1 Å². The smallest absolute Gasteiger partial charge is 0.238 e. The van der Waals surface area contributed by atoms with Gasteiger partial charge in [0.2, 0.25) is 5.91 Å². The highest BCUT2D eigenvalue weighted by atomic mass is 32.2. The van der Waals surface area contributed by atoms with Crippen LogP contribution in [0.4, 0.5) is 0 Å². The van der Waals surface area contributed by atoms with Crippen LogP contribution in [0.5, 0.6) is 0 Å². The fourth-order valence-electron chi connectivity index (χ4n) is 5.82. The summed E-state index contributed by atoms with van der Waals surface area (Å²) in [6.45, 7) is 10.6. The Balaban J connectivity index is 1.46. The number of piperidine rings is 1. The number of nitrogens with one attached hydrogen (secondary N) is 1. The third-order valence-electron chi connectivity index (χ3n) is 7.80. The van der Waals surface area contributed by atoms with Gasteiger partial charge in [-0.3, -0.25) is 9.78 Å². The first-order valence-corrected chi connectivity index (χ1v) is 14.1. The molecular weight excluding hydrogens is 460 g/mol. The molecule has 1 amide bonds. The van der Waals surface area contributed by atoms with Crippen molar-refractivity contribution in [1.82, 2.24) is 10.3 Å². The van der Waals surface area contributed by atoms with Crippen LogP contribution < -0.4 is 5.32 Å². The van der Waals surface area contributed by atoms with E-state index in [2.05, 4.69) is 67.9 Å². The first kappa shape index (κ1) is 24.8.